The van der Waals surface area contributed by atoms with E-state index in [4.69, 9.17) is 10.5 Å². The summed E-state index contributed by atoms with van der Waals surface area (Å²) in [5, 5.41) is 2.93. The van der Waals surface area contributed by atoms with Crippen LogP contribution in [0.15, 0.2) is 18.2 Å². The number of amides is 1. The predicted molar refractivity (Wildman–Crippen MR) is 79.7 cm³/mol. The van der Waals surface area contributed by atoms with Crippen molar-refractivity contribution in [3.63, 3.8) is 0 Å². The van der Waals surface area contributed by atoms with Gasteiger partial charge in [0.05, 0.1) is 0 Å². The lowest BCUT2D eigenvalue weighted by Crippen LogP contribution is -2.40. The first kappa shape index (κ1) is 14.9. The molecule has 4 heteroatoms. The molecule has 1 amide bonds. The number of hydrogen-bond acceptors (Lipinski definition) is 3. The van der Waals surface area contributed by atoms with E-state index in [1.54, 1.807) is 6.92 Å². The number of carbonyl (C=O) groups excluding carboxylic acids is 1. The van der Waals surface area contributed by atoms with Gasteiger partial charge in [0.15, 0.2) is 6.10 Å². The lowest BCUT2D eigenvalue weighted by atomic mass is 10.1. The van der Waals surface area contributed by atoms with Gasteiger partial charge in [-0.3, -0.25) is 4.79 Å². The van der Waals surface area contributed by atoms with Crippen LogP contribution in [0.4, 0.5) is 0 Å². The molecule has 1 aromatic carbocycles. The number of aryl methyl sites for hydroxylation is 1. The summed E-state index contributed by atoms with van der Waals surface area (Å²) in [5.74, 6) is 0.668. The van der Waals surface area contributed by atoms with Crippen molar-refractivity contribution in [2.45, 2.75) is 58.2 Å². The van der Waals surface area contributed by atoms with Gasteiger partial charge < -0.3 is 15.8 Å². The molecule has 2 rings (SSSR count). The van der Waals surface area contributed by atoms with E-state index in [0.29, 0.717) is 0 Å². The van der Waals surface area contributed by atoms with E-state index in [1.165, 1.54) is 11.1 Å². The van der Waals surface area contributed by atoms with Crippen LogP contribution in [0.3, 0.4) is 0 Å². The van der Waals surface area contributed by atoms with Gasteiger partial charge in [0.25, 0.3) is 5.91 Å². The molecule has 0 aliphatic heterocycles. The average molecular weight is 276 g/mol. The van der Waals surface area contributed by atoms with Gasteiger partial charge in [0.2, 0.25) is 0 Å². The maximum absolute atomic E-state index is 11.9. The zero-order chi connectivity index (χ0) is 14.7. The average Bonchev–Trinajstić information content (AvgIpc) is 2.79. The molecule has 20 heavy (non-hydrogen) atoms. The standard InChI is InChI=1S/C16H24N2O2/c1-4-10(2)18-16(19)11(3)20-13-6-7-14-12(9-13)5-8-15(14)17/h6-7,9-11,15H,4-5,8,17H2,1-3H3,(H,18,19). The summed E-state index contributed by atoms with van der Waals surface area (Å²) in [6.45, 7) is 5.80. The Bertz CT molecular complexity index is 487. The molecule has 4 nitrogen and oxygen atoms in total. The molecular formula is C16H24N2O2. The third-order valence-electron chi connectivity index (χ3n) is 3.92. The van der Waals surface area contributed by atoms with Crippen LogP contribution in [0, 0.1) is 0 Å². The molecule has 0 spiro atoms. The Balaban J connectivity index is 1.98. The first-order valence-electron chi connectivity index (χ1n) is 7.36. The zero-order valence-electron chi connectivity index (χ0n) is 12.5. The first-order chi connectivity index (χ1) is 9.51. The third kappa shape index (κ3) is 3.31. The lowest BCUT2D eigenvalue weighted by Gasteiger charge is -2.18. The van der Waals surface area contributed by atoms with Crippen molar-refractivity contribution in [2.24, 2.45) is 5.73 Å². The molecule has 0 bridgehead atoms. The van der Waals surface area contributed by atoms with Crippen LogP contribution in [-0.2, 0) is 11.2 Å². The molecule has 3 atom stereocenters. The number of carbonyl (C=O) groups is 1. The normalized spacial score (nSPS) is 20.1. The highest BCUT2D eigenvalue weighted by molar-refractivity contribution is 5.80. The van der Waals surface area contributed by atoms with E-state index < -0.39 is 6.10 Å². The highest BCUT2D eigenvalue weighted by Gasteiger charge is 2.21. The topological polar surface area (TPSA) is 64.3 Å². The Morgan fingerprint density at radius 1 is 1.50 bits per heavy atom. The van der Waals surface area contributed by atoms with Gasteiger partial charge in [-0.2, -0.15) is 0 Å². The Kier molecular flexibility index (Phi) is 4.65. The van der Waals surface area contributed by atoms with E-state index >= 15 is 0 Å². The van der Waals surface area contributed by atoms with Gasteiger partial charge in [0, 0.05) is 12.1 Å². The van der Waals surface area contributed by atoms with E-state index in [-0.39, 0.29) is 18.0 Å². The second-order valence-electron chi connectivity index (χ2n) is 5.58. The molecule has 0 radical (unpaired) electrons. The van der Waals surface area contributed by atoms with E-state index in [1.807, 2.05) is 32.0 Å². The number of rotatable bonds is 5. The molecule has 1 aromatic rings. The second kappa shape index (κ2) is 6.27. The summed E-state index contributed by atoms with van der Waals surface area (Å²) in [5.41, 5.74) is 8.45. The molecule has 0 saturated carbocycles. The Labute approximate surface area is 120 Å². The minimum atomic E-state index is -0.489. The van der Waals surface area contributed by atoms with Crippen molar-refractivity contribution < 1.29 is 9.53 Å². The minimum Gasteiger partial charge on any atom is -0.481 e. The zero-order valence-corrected chi connectivity index (χ0v) is 12.5. The fraction of sp³-hybridized carbons (Fsp3) is 0.562. The summed E-state index contributed by atoms with van der Waals surface area (Å²) >= 11 is 0. The highest BCUT2D eigenvalue weighted by atomic mass is 16.5. The van der Waals surface area contributed by atoms with Gasteiger partial charge >= 0.3 is 0 Å². The minimum absolute atomic E-state index is 0.0726. The lowest BCUT2D eigenvalue weighted by molar-refractivity contribution is -0.127. The molecule has 3 N–H and O–H groups in total. The largest absolute Gasteiger partial charge is 0.481 e. The summed E-state index contributed by atoms with van der Waals surface area (Å²) < 4.78 is 5.73. The molecular weight excluding hydrogens is 252 g/mol. The monoisotopic (exact) mass is 276 g/mol. The molecule has 0 heterocycles. The number of nitrogens with one attached hydrogen (secondary N) is 1. The van der Waals surface area contributed by atoms with Crippen molar-refractivity contribution in [2.75, 3.05) is 0 Å². The van der Waals surface area contributed by atoms with E-state index in [2.05, 4.69) is 5.32 Å². The summed E-state index contributed by atoms with van der Waals surface area (Å²) in [7, 11) is 0. The van der Waals surface area contributed by atoms with Gasteiger partial charge in [-0.1, -0.05) is 13.0 Å². The van der Waals surface area contributed by atoms with Crippen molar-refractivity contribution >= 4 is 5.91 Å². The Morgan fingerprint density at radius 2 is 2.25 bits per heavy atom. The molecule has 3 unspecified atom stereocenters. The molecule has 1 aliphatic carbocycles. The van der Waals surface area contributed by atoms with E-state index in [9.17, 15) is 4.79 Å². The maximum atomic E-state index is 11.9. The van der Waals surface area contributed by atoms with Crippen LogP contribution in [0.2, 0.25) is 0 Å². The van der Waals surface area contributed by atoms with Crippen LogP contribution >= 0.6 is 0 Å². The first-order valence-corrected chi connectivity index (χ1v) is 7.36. The summed E-state index contributed by atoms with van der Waals surface area (Å²) in [4.78, 5) is 11.9. The predicted octanol–water partition coefficient (Wildman–Crippen LogP) is 2.31. The Morgan fingerprint density at radius 3 is 2.95 bits per heavy atom. The fourth-order valence-electron chi connectivity index (χ4n) is 2.42. The molecule has 0 fully saturated rings. The molecule has 1 aliphatic rings. The van der Waals surface area contributed by atoms with Crippen LogP contribution < -0.4 is 15.8 Å². The molecule has 0 saturated heterocycles. The third-order valence-corrected chi connectivity index (χ3v) is 3.92. The van der Waals surface area contributed by atoms with Crippen LogP contribution in [0.1, 0.15) is 50.8 Å². The quantitative estimate of drug-likeness (QED) is 0.867. The van der Waals surface area contributed by atoms with Crippen LogP contribution in [-0.4, -0.2) is 18.1 Å². The van der Waals surface area contributed by atoms with Gasteiger partial charge in [0.1, 0.15) is 5.75 Å². The number of benzene rings is 1. The van der Waals surface area contributed by atoms with E-state index in [0.717, 1.165) is 25.0 Å². The highest BCUT2D eigenvalue weighted by Crippen LogP contribution is 2.32. The number of fused-ring (bicyclic) bond motifs is 1. The van der Waals surface area contributed by atoms with Crippen LogP contribution in [0.25, 0.3) is 0 Å². The smallest absolute Gasteiger partial charge is 0.260 e. The maximum Gasteiger partial charge on any atom is 0.260 e. The van der Waals surface area contributed by atoms with Gasteiger partial charge in [-0.25, -0.2) is 0 Å². The fourth-order valence-corrected chi connectivity index (χ4v) is 2.42. The van der Waals surface area contributed by atoms with Crippen molar-refractivity contribution in [3.05, 3.63) is 29.3 Å². The number of hydrogen-bond donors (Lipinski definition) is 2. The second-order valence-corrected chi connectivity index (χ2v) is 5.58. The summed E-state index contributed by atoms with van der Waals surface area (Å²) in [6.07, 6.45) is 2.40. The number of nitrogens with two attached hydrogens (primary N) is 1. The van der Waals surface area contributed by atoms with Gasteiger partial charge in [-0.15, -0.1) is 0 Å². The Hall–Kier alpha value is -1.55. The van der Waals surface area contributed by atoms with Crippen molar-refractivity contribution in [3.8, 4) is 5.75 Å². The SMILES string of the molecule is CCC(C)NC(=O)C(C)Oc1ccc2c(c1)CCC2N. The van der Waals surface area contributed by atoms with Crippen LogP contribution in [0.5, 0.6) is 5.75 Å². The summed E-state index contributed by atoms with van der Waals surface area (Å²) in [6, 6.07) is 6.24. The van der Waals surface area contributed by atoms with Crippen molar-refractivity contribution in [1.29, 1.82) is 0 Å². The molecule has 0 aromatic heterocycles. The van der Waals surface area contributed by atoms with Crippen molar-refractivity contribution in [1.82, 2.24) is 5.32 Å². The number of ether oxygens (including phenoxy) is 1. The molecule has 110 valence electrons. The van der Waals surface area contributed by atoms with Gasteiger partial charge in [-0.05, 0) is 56.4 Å².